The van der Waals surface area contributed by atoms with Gasteiger partial charge in [0, 0.05) is 42.8 Å². The van der Waals surface area contributed by atoms with Gasteiger partial charge in [0.05, 0.1) is 12.0 Å². The van der Waals surface area contributed by atoms with Crippen molar-refractivity contribution >= 4 is 26.0 Å². The van der Waals surface area contributed by atoms with E-state index in [1.165, 1.54) is 5.56 Å². The van der Waals surface area contributed by atoms with Crippen molar-refractivity contribution in [3.8, 4) is 5.75 Å². The zero-order valence-corrected chi connectivity index (χ0v) is 17.4. The average Bonchev–Trinajstić information content (AvgIpc) is 2.63. The maximum atomic E-state index is 12.8. The van der Waals surface area contributed by atoms with Gasteiger partial charge < -0.3 is 4.74 Å². The highest BCUT2D eigenvalue weighted by molar-refractivity contribution is 9.10. The number of rotatable bonds is 5. The summed E-state index contributed by atoms with van der Waals surface area (Å²) < 4.78 is 33.4. The van der Waals surface area contributed by atoms with Gasteiger partial charge in [0.25, 0.3) is 0 Å². The van der Waals surface area contributed by atoms with Crippen LogP contribution >= 0.6 is 15.9 Å². The summed E-state index contributed by atoms with van der Waals surface area (Å²) >= 11 is 3.34. The van der Waals surface area contributed by atoms with E-state index in [1.807, 2.05) is 12.1 Å². The largest absolute Gasteiger partial charge is 0.496 e. The van der Waals surface area contributed by atoms with E-state index in [0.29, 0.717) is 31.1 Å². The molecule has 1 aliphatic rings. The molecular formula is C19H23BrN2O3S. The maximum Gasteiger partial charge on any atom is 0.243 e. The fourth-order valence-corrected chi connectivity index (χ4v) is 4.84. The molecule has 0 aromatic heterocycles. The molecule has 1 saturated heterocycles. The monoisotopic (exact) mass is 438 g/mol. The lowest BCUT2D eigenvalue weighted by Gasteiger charge is -2.34. The van der Waals surface area contributed by atoms with Crippen molar-refractivity contribution in [3.05, 3.63) is 58.1 Å². The van der Waals surface area contributed by atoms with Gasteiger partial charge in [-0.25, -0.2) is 8.42 Å². The molecule has 0 N–H and O–H groups in total. The number of nitrogens with zero attached hydrogens (tertiary/aromatic N) is 2. The van der Waals surface area contributed by atoms with Gasteiger partial charge >= 0.3 is 0 Å². The van der Waals surface area contributed by atoms with Gasteiger partial charge in [-0.3, -0.25) is 4.90 Å². The van der Waals surface area contributed by atoms with Crippen molar-refractivity contribution in [2.75, 3.05) is 33.3 Å². The minimum absolute atomic E-state index is 0.342. The highest BCUT2D eigenvalue weighted by atomic mass is 79.9. The molecule has 2 aromatic carbocycles. The number of hydrogen-bond donors (Lipinski definition) is 0. The second-order valence-electron chi connectivity index (χ2n) is 6.45. The summed E-state index contributed by atoms with van der Waals surface area (Å²) in [7, 11) is -1.76. The number of sulfonamides is 1. The molecule has 140 valence electrons. The first-order chi connectivity index (χ1) is 12.4. The van der Waals surface area contributed by atoms with Crippen LogP contribution in [0.5, 0.6) is 5.75 Å². The van der Waals surface area contributed by atoms with E-state index in [2.05, 4.69) is 33.8 Å². The van der Waals surface area contributed by atoms with Gasteiger partial charge in [0.15, 0.2) is 0 Å². The van der Waals surface area contributed by atoms with Gasteiger partial charge in [-0.2, -0.15) is 4.31 Å². The molecular weight excluding hydrogens is 416 g/mol. The molecule has 0 radical (unpaired) electrons. The van der Waals surface area contributed by atoms with Gasteiger partial charge in [-0.05, 0) is 37.3 Å². The second-order valence-corrected chi connectivity index (χ2v) is 9.30. The first kappa shape index (κ1) is 19.4. The first-order valence-electron chi connectivity index (χ1n) is 8.52. The van der Waals surface area contributed by atoms with Gasteiger partial charge in [0.2, 0.25) is 10.0 Å². The summed E-state index contributed by atoms with van der Waals surface area (Å²) in [6.45, 7) is 5.21. The number of piperazine rings is 1. The standard InChI is InChI=1S/C19H23BrN2O3S/c1-15-3-8-19(25-2)16(13-15)14-21-9-11-22(12-10-21)26(23,24)18-6-4-17(20)5-7-18/h3-8,13H,9-12,14H2,1-2H3. The molecule has 0 bridgehead atoms. The van der Waals surface area contributed by atoms with E-state index in [9.17, 15) is 8.42 Å². The smallest absolute Gasteiger partial charge is 0.243 e. The van der Waals surface area contributed by atoms with Crippen molar-refractivity contribution in [1.82, 2.24) is 9.21 Å². The van der Waals surface area contributed by atoms with Crippen molar-refractivity contribution in [2.45, 2.75) is 18.4 Å². The van der Waals surface area contributed by atoms with Crippen LogP contribution in [-0.2, 0) is 16.6 Å². The summed E-state index contributed by atoms with van der Waals surface area (Å²) in [5.74, 6) is 0.875. The van der Waals surface area contributed by atoms with Crippen LogP contribution in [0.2, 0.25) is 0 Å². The van der Waals surface area contributed by atoms with E-state index >= 15 is 0 Å². The number of methoxy groups -OCH3 is 1. The minimum Gasteiger partial charge on any atom is -0.496 e. The lowest BCUT2D eigenvalue weighted by Crippen LogP contribution is -2.48. The number of ether oxygens (including phenoxy) is 1. The molecule has 0 atom stereocenters. The molecule has 1 fully saturated rings. The second kappa shape index (κ2) is 8.08. The molecule has 7 heteroatoms. The van der Waals surface area contributed by atoms with Gasteiger partial charge in [-0.1, -0.05) is 33.6 Å². The summed E-state index contributed by atoms with van der Waals surface area (Å²) in [6.07, 6.45) is 0. The molecule has 26 heavy (non-hydrogen) atoms. The molecule has 1 aliphatic heterocycles. The van der Waals surface area contributed by atoms with E-state index in [4.69, 9.17) is 4.74 Å². The predicted molar refractivity (Wildman–Crippen MR) is 106 cm³/mol. The lowest BCUT2D eigenvalue weighted by molar-refractivity contribution is 0.180. The summed E-state index contributed by atoms with van der Waals surface area (Å²) in [6, 6.07) is 12.9. The Morgan fingerprint density at radius 1 is 1.04 bits per heavy atom. The predicted octanol–water partition coefficient (Wildman–Crippen LogP) is 3.27. The SMILES string of the molecule is COc1ccc(C)cc1CN1CCN(S(=O)(=O)c2ccc(Br)cc2)CC1. The number of aryl methyl sites for hydroxylation is 1. The van der Waals surface area contributed by atoms with E-state index in [1.54, 1.807) is 35.7 Å². The van der Waals surface area contributed by atoms with E-state index in [0.717, 1.165) is 22.3 Å². The third kappa shape index (κ3) is 4.28. The molecule has 5 nitrogen and oxygen atoms in total. The molecule has 2 aromatic rings. The zero-order chi connectivity index (χ0) is 18.7. The van der Waals surface area contributed by atoms with Crippen molar-refractivity contribution in [1.29, 1.82) is 0 Å². The third-order valence-electron chi connectivity index (χ3n) is 4.61. The number of halogens is 1. The number of hydrogen-bond acceptors (Lipinski definition) is 4. The Kier molecular flexibility index (Phi) is 6.02. The van der Waals surface area contributed by atoms with Crippen LogP contribution in [0.25, 0.3) is 0 Å². The Morgan fingerprint density at radius 3 is 2.31 bits per heavy atom. The average molecular weight is 439 g/mol. The van der Waals surface area contributed by atoms with Crippen LogP contribution < -0.4 is 4.74 Å². The van der Waals surface area contributed by atoms with Crippen LogP contribution in [0, 0.1) is 6.92 Å². The van der Waals surface area contributed by atoms with Crippen molar-refractivity contribution < 1.29 is 13.2 Å². The Balaban J connectivity index is 1.66. The Labute approximate surface area is 163 Å². The Hall–Kier alpha value is -1.41. The van der Waals surface area contributed by atoms with Crippen LogP contribution in [-0.4, -0.2) is 50.9 Å². The normalized spacial score (nSPS) is 16.6. The van der Waals surface area contributed by atoms with Crippen LogP contribution in [0.3, 0.4) is 0 Å². The highest BCUT2D eigenvalue weighted by Gasteiger charge is 2.28. The van der Waals surface area contributed by atoms with E-state index < -0.39 is 10.0 Å². The molecule has 0 spiro atoms. The zero-order valence-electron chi connectivity index (χ0n) is 15.0. The molecule has 3 rings (SSSR count). The molecule has 0 amide bonds. The summed E-state index contributed by atoms with van der Waals surface area (Å²) in [5, 5.41) is 0. The Bertz CT molecular complexity index is 861. The molecule has 1 heterocycles. The quantitative estimate of drug-likeness (QED) is 0.718. The Morgan fingerprint density at radius 2 is 1.69 bits per heavy atom. The molecule has 0 saturated carbocycles. The molecule has 0 unspecified atom stereocenters. The van der Waals surface area contributed by atoms with Crippen LogP contribution in [0.1, 0.15) is 11.1 Å². The molecule has 0 aliphatic carbocycles. The van der Waals surface area contributed by atoms with Gasteiger partial charge in [0.1, 0.15) is 5.75 Å². The maximum absolute atomic E-state index is 12.8. The van der Waals surface area contributed by atoms with Gasteiger partial charge in [-0.15, -0.1) is 0 Å². The summed E-state index contributed by atoms with van der Waals surface area (Å²) in [5.41, 5.74) is 2.33. The number of benzene rings is 2. The third-order valence-corrected chi connectivity index (χ3v) is 7.05. The van der Waals surface area contributed by atoms with Crippen molar-refractivity contribution in [2.24, 2.45) is 0 Å². The topological polar surface area (TPSA) is 49.9 Å². The van der Waals surface area contributed by atoms with Crippen LogP contribution in [0.15, 0.2) is 51.8 Å². The summed E-state index contributed by atoms with van der Waals surface area (Å²) in [4.78, 5) is 2.61. The van der Waals surface area contributed by atoms with E-state index in [-0.39, 0.29) is 0 Å². The first-order valence-corrected chi connectivity index (χ1v) is 10.7. The fraction of sp³-hybridized carbons (Fsp3) is 0.368. The van der Waals surface area contributed by atoms with Crippen LogP contribution in [0.4, 0.5) is 0 Å². The van der Waals surface area contributed by atoms with Crippen molar-refractivity contribution in [3.63, 3.8) is 0 Å². The highest BCUT2D eigenvalue weighted by Crippen LogP contribution is 2.24. The fourth-order valence-electron chi connectivity index (χ4n) is 3.16. The minimum atomic E-state index is -3.43. The lowest BCUT2D eigenvalue weighted by atomic mass is 10.1.